The number of benzene rings is 2. The van der Waals surface area contributed by atoms with Crippen LogP contribution in [0.1, 0.15) is 5.56 Å². The van der Waals surface area contributed by atoms with Crippen molar-refractivity contribution in [3.05, 3.63) is 64.2 Å². The molecule has 0 aromatic heterocycles. The van der Waals surface area contributed by atoms with Crippen molar-refractivity contribution in [2.45, 2.75) is 13.0 Å². The van der Waals surface area contributed by atoms with E-state index in [0.29, 0.717) is 0 Å². The third kappa shape index (κ3) is 6.05. The molecule has 0 spiro atoms. The van der Waals surface area contributed by atoms with Crippen molar-refractivity contribution in [2.24, 2.45) is 0 Å². The minimum atomic E-state index is -2.73. The van der Waals surface area contributed by atoms with E-state index in [2.05, 4.69) is 5.32 Å². The first-order chi connectivity index (χ1) is 11.9. The largest absolute Gasteiger partial charge is 0.487 e. The lowest BCUT2D eigenvalue weighted by Gasteiger charge is -2.10. The smallest absolute Gasteiger partial charge is 0.411 e. The zero-order valence-electron chi connectivity index (χ0n) is 12.9. The normalized spacial score (nSPS) is 10.4. The zero-order chi connectivity index (χ0) is 18.2. The van der Waals surface area contributed by atoms with Gasteiger partial charge in [0.15, 0.2) is 0 Å². The average Bonchev–Trinajstić information content (AvgIpc) is 2.59. The average molecular weight is 352 g/mol. The lowest BCUT2D eigenvalue weighted by Crippen LogP contribution is -2.14. The molecule has 0 saturated carbocycles. The van der Waals surface area contributed by atoms with Crippen LogP contribution in [0.2, 0.25) is 0 Å². The molecule has 2 aromatic rings. The quantitative estimate of drug-likeness (QED) is 0.601. The summed E-state index contributed by atoms with van der Waals surface area (Å²) in [5.41, 5.74) is 0.347. The lowest BCUT2D eigenvalue weighted by molar-refractivity contribution is -0.384. The third-order valence-corrected chi connectivity index (χ3v) is 2.94. The van der Waals surface area contributed by atoms with Gasteiger partial charge in [-0.15, -0.1) is 0 Å². The van der Waals surface area contributed by atoms with E-state index in [0.717, 1.165) is 17.7 Å². The summed E-state index contributed by atoms with van der Waals surface area (Å²) in [6.45, 7) is -0.907. The summed E-state index contributed by atoms with van der Waals surface area (Å²) in [7, 11) is 0. The predicted octanol–water partition coefficient (Wildman–Crippen LogP) is 3.99. The Bertz CT molecular complexity index is 741. The predicted molar refractivity (Wildman–Crippen MR) is 84.8 cm³/mol. The number of ether oxygens (including phenoxy) is 2. The third-order valence-electron chi connectivity index (χ3n) is 2.94. The first-order valence-corrected chi connectivity index (χ1v) is 7.12. The van der Waals surface area contributed by atoms with Gasteiger partial charge in [0.25, 0.3) is 12.1 Å². The van der Waals surface area contributed by atoms with Gasteiger partial charge in [0, 0.05) is 12.1 Å². The van der Waals surface area contributed by atoms with Gasteiger partial charge in [-0.05, 0) is 5.56 Å². The maximum Gasteiger partial charge on any atom is 0.411 e. The van der Waals surface area contributed by atoms with Crippen molar-refractivity contribution in [3.63, 3.8) is 0 Å². The van der Waals surface area contributed by atoms with Crippen LogP contribution in [0.3, 0.4) is 0 Å². The summed E-state index contributed by atoms with van der Waals surface area (Å²) in [6.07, 6.45) is -3.57. The number of rotatable bonds is 7. The summed E-state index contributed by atoms with van der Waals surface area (Å²) in [6, 6.07) is 12.1. The van der Waals surface area contributed by atoms with Crippen LogP contribution in [-0.2, 0) is 11.3 Å². The number of halogens is 2. The van der Waals surface area contributed by atoms with Crippen molar-refractivity contribution in [1.82, 2.24) is 0 Å². The van der Waals surface area contributed by atoms with Crippen molar-refractivity contribution in [2.75, 3.05) is 11.9 Å². The standard InChI is InChI=1S/C16H14F2N2O5/c17-15(18)10-24-14-7-12(6-13(8-14)20(22)23)19-16(21)25-9-11-4-2-1-3-5-11/h1-8,15H,9-10H2,(H,19,21). The SMILES string of the molecule is O=C(Nc1cc(OCC(F)F)cc([N+](=O)[O-])c1)OCc1ccccc1. The molecule has 25 heavy (non-hydrogen) atoms. The fourth-order valence-corrected chi connectivity index (χ4v) is 1.88. The molecule has 1 amide bonds. The first kappa shape index (κ1) is 18.1. The highest BCUT2D eigenvalue weighted by molar-refractivity contribution is 5.85. The minimum absolute atomic E-state index is 0.00321. The first-order valence-electron chi connectivity index (χ1n) is 7.12. The number of alkyl halides is 2. The van der Waals surface area contributed by atoms with Crippen LogP contribution in [0.25, 0.3) is 0 Å². The highest BCUT2D eigenvalue weighted by atomic mass is 19.3. The van der Waals surface area contributed by atoms with E-state index < -0.39 is 29.7 Å². The second-order valence-corrected chi connectivity index (χ2v) is 4.86. The Hall–Kier alpha value is -3.23. The Kier molecular flexibility index (Phi) is 6.21. The van der Waals surface area contributed by atoms with Gasteiger partial charge in [-0.2, -0.15) is 0 Å². The van der Waals surface area contributed by atoms with E-state index in [1.54, 1.807) is 24.3 Å². The highest BCUT2D eigenvalue weighted by Gasteiger charge is 2.14. The molecule has 0 radical (unpaired) electrons. The molecule has 0 unspecified atom stereocenters. The van der Waals surface area contributed by atoms with Crippen LogP contribution < -0.4 is 10.1 Å². The maximum absolute atomic E-state index is 12.2. The number of nitro benzene ring substituents is 1. The number of carbonyl (C=O) groups excluding carboxylic acids is 1. The summed E-state index contributed by atoms with van der Waals surface area (Å²) in [5, 5.41) is 13.2. The molecule has 0 saturated heterocycles. The molecule has 132 valence electrons. The van der Waals surface area contributed by atoms with Crippen LogP contribution in [0.4, 0.5) is 25.0 Å². The van der Waals surface area contributed by atoms with E-state index in [4.69, 9.17) is 9.47 Å². The molecule has 0 heterocycles. The van der Waals surface area contributed by atoms with Gasteiger partial charge in [0.1, 0.15) is 19.0 Å². The van der Waals surface area contributed by atoms with E-state index in [9.17, 15) is 23.7 Å². The van der Waals surface area contributed by atoms with Crippen LogP contribution in [0, 0.1) is 10.1 Å². The maximum atomic E-state index is 12.2. The second kappa shape index (κ2) is 8.57. The fourth-order valence-electron chi connectivity index (χ4n) is 1.88. The van der Waals surface area contributed by atoms with Gasteiger partial charge in [-0.1, -0.05) is 30.3 Å². The van der Waals surface area contributed by atoms with Crippen molar-refractivity contribution in [3.8, 4) is 5.75 Å². The minimum Gasteiger partial charge on any atom is -0.487 e. The van der Waals surface area contributed by atoms with E-state index in [-0.39, 0.29) is 18.0 Å². The number of hydrogen-bond donors (Lipinski definition) is 1. The van der Waals surface area contributed by atoms with E-state index in [1.165, 1.54) is 6.07 Å². The Morgan fingerprint density at radius 3 is 2.56 bits per heavy atom. The number of anilines is 1. The summed E-state index contributed by atoms with van der Waals surface area (Å²) >= 11 is 0. The molecule has 2 rings (SSSR count). The highest BCUT2D eigenvalue weighted by Crippen LogP contribution is 2.26. The van der Waals surface area contributed by atoms with Gasteiger partial charge in [-0.25, -0.2) is 13.6 Å². The molecule has 0 fully saturated rings. The molecule has 1 N–H and O–H groups in total. The molecule has 0 aliphatic carbocycles. The lowest BCUT2D eigenvalue weighted by atomic mass is 10.2. The Morgan fingerprint density at radius 2 is 1.92 bits per heavy atom. The zero-order valence-corrected chi connectivity index (χ0v) is 12.9. The van der Waals surface area contributed by atoms with Gasteiger partial charge in [-0.3, -0.25) is 15.4 Å². The molecule has 0 atom stereocenters. The molecule has 0 aliphatic rings. The van der Waals surface area contributed by atoms with Crippen LogP contribution >= 0.6 is 0 Å². The Morgan fingerprint density at radius 1 is 1.20 bits per heavy atom. The topological polar surface area (TPSA) is 90.7 Å². The van der Waals surface area contributed by atoms with Crippen LogP contribution in [0.5, 0.6) is 5.75 Å². The number of nitrogens with one attached hydrogen (secondary N) is 1. The molecular formula is C16H14F2N2O5. The summed E-state index contributed by atoms with van der Waals surface area (Å²) in [4.78, 5) is 22.0. The van der Waals surface area contributed by atoms with Crippen LogP contribution in [0.15, 0.2) is 48.5 Å². The van der Waals surface area contributed by atoms with Gasteiger partial charge in [0.05, 0.1) is 16.7 Å². The van der Waals surface area contributed by atoms with Gasteiger partial charge >= 0.3 is 6.09 Å². The van der Waals surface area contributed by atoms with E-state index >= 15 is 0 Å². The van der Waals surface area contributed by atoms with E-state index in [1.807, 2.05) is 6.07 Å². The number of nitro groups is 1. The van der Waals surface area contributed by atoms with Crippen molar-refractivity contribution >= 4 is 17.5 Å². The Balaban J connectivity index is 2.03. The monoisotopic (exact) mass is 352 g/mol. The number of carbonyl (C=O) groups is 1. The molecule has 2 aromatic carbocycles. The van der Waals surface area contributed by atoms with Gasteiger partial charge in [0.2, 0.25) is 0 Å². The summed E-state index contributed by atoms with van der Waals surface area (Å²) in [5.74, 6) is -0.159. The molecular weight excluding hydrogens is 338 g/mol. The second-order valence-electron chi connectivity index (χ2n) is 4.86. The Labute approximate surface area is 141 Å². The van der Waals surface area contributed by atoms with Crippen LogP contribution in [-0.4, -0.2) is 24.0 Å². The number of non-ortho nitro benzene ring substituents is 1. The molecule has 0 bridgehead atoms. The number of amides is 1. The molecule has 9 heteroatoms. The van der Waals surface area contributed by atoms with Gasteiger partial charge < -0.3 is 9.47 Å². The summed E-state index contributed by atoms with van der Waals surface area (Å²) < 4.78 is 34.2. The van der Waals surface area contributed by atoms with Crippen molar-refractivity contribution < 1.29 is 28.0 Å². The molecule has 0 aliphatic heterocycles. The number of hydrogen-bond acceptors (Lipinski definition) is 5. The van der Waals surface area contributed by atoms with Crippen molar-refractivity contribution in [1.29, 1.82) is 0 Å². The fraction of sp³-hybridized carbons (Fsp3) is 0.188. The number of nitrogens with zero attached hydrogens (tertiary/aromatic N) is 1. The molecule has 7 nitrogen and oxygen atoms in total.